The second kappa shape index (κ2) is 10.7. The first-order valence-corrected chi connectivity index (χ1v) is 11.3. The molecule has 2 aromatic rings. The summed E-state index contributed by atoms with van der Waals surface area (Å²) in [5, 5.41) is 10.7. The highest BCUT2D eigenvalue weighted by atomic mass is 19.4. The molecule has 9 heteroatoms. The van der Waals surface area contributed by atoms with Gasteiger partial charge in [-0.15, -0.1) is 0 Å². The van der Waals surface area contributed by atoms with Crippen LogP contribution in [0.25, 0.3) is 0 Å². The van der Waals surface area contributed by atoms with E-state index in [-0.39, 0.29) is 11.0 Å². The molecule has 182 valence electrons. The quantitative estimate of drug-likeness (QED) is 0.570. The molecule has 1 atom stereocenters. The fourth-order valence-corrected chi connectivity index (χ4v) is 4.92. The molecule has 0 radical (unpaired) electrons. The Kier molecular flexibility index (Phi) is 8.18. The van der Waals surface area contributed by atoms with E-state index >= 15 is 0 Å². The molecule has 2 aromatic heterocycles. The lowest BCUT2D eigenvalue weighted by atomic mass is 9.68. The largest absolute Gasteiger partial charge is 0.490 e. The molecule has 1 saturated carbocycles. The maximum Gasteiger partial charge on any atom is 0.490 e. The molecule has 3 heterocycles. The Hall–Kier alpha value is -2.39. The first-order chi connectivity index (χ1) is 15.6. The predicted octanol–water partition coefficient (Wildman–Crippen LogP) is 5.16. The fraction of sp³-hybridized carbons (Fsp3) is 0.583. The monoisotopic (exact) mass is 468 g/mol. The van der Waals surface area contributed by atoms with Crippen molar-refractivity contribution < 1.29 is 32.2 Å². The van der Waals surface area contributed by atoms with Crippen molar-refractivity contribution >= 4 is 5.97 Å². The molecule has 1 saturated heterocycles. The van der Waals surface area contributed by atoms with E-state index in [4.69, 9.17) is 24.0 Å². The summed E-state index contributed by atoms with van der Waals surface area (Å²) in [5.41, 5.74) is 1.45. The normalized spacial score (nSPS) is 22.1. The lowest BCUT2D eigenvalue weighted by Gasteiger charge is -2.46. The average Bonchev–Trinajstić information content (AvgIpc) is 3.40. The van der Waals surface area contributed by atoms with Gasteiger partial charge in [-0.25, -0.2) is 4.79 Å². The number of pyridine rings is 1. The Bertz CT molecular complexity index is 895. The highest BCUT2D eigenvalue weighted by Gasteiger charge is 2.48. The molecule has 2 N–H and O–H groups in total. The van der Waals surface area contributed by atoms with E-state index in [0.29, 0.717) is 0 Å². The Morgan fingerprint density at radius 1 is 1.18 bits per heavy atom. The molecule has 0 bridgehead atoms. The predicted molar refractivity (Wildman–Crippen MR) is 116 cm³/mol. The Balaban J connectivity index is 0.000000383. The standard InChI is InChI=1S/C22H30N2O2.C2HF3O2/c1-18-7-8-19(26-18)16-23-14-11-21(20-6-2-5-13-24-20)12-15-25-22(17-21)9-3-4-10-22;3-2(4,5)1(6)7/h2,5-8,13,23H,3-4,9-12,14-17H2,1H3;(H,6,7)/t21-;/m1./s1. The summed E-state index contributed by atoms with van der Waals surface area (Å²) in [6, 6.07) is 10.4. The molecular formula is C24H31F3N2O4. The van der Waals surface area contributed by atoms with Crippen molar-refractivity contribution in [3.05, 3.63) is 53.7 Å². The number of furan rings is 1. The first-order valence-electron chi connectivity index (χ1n) is 11.3. The van der Waals surface area contributed by atoms with Crippen LogP contribution in [0, 0.1) is 6.92 Å². The van der Waals surface area contributed by atoms with E-state index in [9.17, 15) is 13.2 Å². The van der Waals surface area contributed by atoms with Gasteiger partial charge >= 0.3 is 12.1 Å². The minimum absolute atomic E-state index is 0.0912. The number of aromatic nitrogens is 1. The zero-order valence-electron chi connectivity index (χ0n) is 18.8. The van der Waals surface area contributed by atoms with Crippen molar-refractivity contribution in [2.75, 3.05) is 13.2 Å². The van der Waals surface area contributed by atoms with Crippen LogP contribution in [-0.2, 0) is 21.5 Å². The Labute approximate surface area is 191 Å². The lowest BCUT2D eigenvalue weighted by molar-refractivity contribution is -0.192. The van der Waals surface area contributed by atoms with Crippen LogP contribution >= 0.6 is 0 Å². The van der Waals surface area contributed by atoms with Gasteiger partial charge in [0.1, 0.15) is 11.5 Å². The van der Waals surface area contributed by atoms with Crippen molar-refractivity contribution in [1.82, 2.24) is 10.3 Å². The van der Waals surface area contributed by atoms with Gasteiger partial charge in [0.15, 0.2) is 0 Å². The molecule has 2 aliphatic rings. The lowest BCUT2D eigenvalue weighted by Crippen LogP contribution is -2.47. The molecule has 0 aromatic carbocycles. The number of carboxylic acids is 1. The number of carboxylic acid groups (broad SMARTS) is 1. The van der Waals surface area contributed by atoms with E-state index < -0.39 is 12.1 Å². The van der Waals surface area contributed by atoms with E-state index in [1.807, 2.05) is 25.3 Å². The summed E-state index contributed by atoms with van der Waals surface area (Å²) in [5.74, 6) is -0.777. The van der Waals surface area contributed by atoms with E-state index in [1.165, 1.54) is 31.4 Å². The van der Waals surface area contributed by atoms with Crippen LogP contribution in [0.5, 0.6) is 0 Å². The van der Waals surface area contributed by atoms with E-state index in [0.717, 1.165) is 50.5 Å². The van der Waals surface area contributed by atoms with Gasteiger partial charge in [-0.2, -0.15) is 13.2 Å². The van der Waals surface area contributed by atoms with Crippen molar-refractivity contribution in [3.8, 4) is 0 Å². The SMILES string of the molecule is Cc1ccc(CNCC[C@@]2(c3ccccn3)CCOC3(CCCC3)C2)o1.O=C(O)C(F)(F)F. The molecule has 4 rings (SSSR count). The average molecular weight is 469 g/mol. The first kappa shape index (κ1) is 25.2. The van der Waals surface area contributed by atoms with Crippen LogP contribution in [0.1, 0.15) is 62.2 Å². The maximum atomic E-state index is 10.6. The van der Waals surface area contributed by atoms with Gasteiger partial charge in [-0.3, -0.25) is 4.98 Å². The van der Waals surface area contributed by atoms with Gasteiger partial charge in [0.05, 0.1) is 12.1 Å². The molecular weight excluding hydrogens is 437 g/mol. The molecule has 1 spiro atoms. The molecule has 0 unspecified atom stereocenters. The number of aryl methyl sites for hydroxylation is 1. The number of halogens is 3. The topological polar surface area (TPSA) is 84.6 Å². The van der Waals surface area contributed by atoms with Crippen LogP contribution in [0.3, 0.4) is 0 Å². The number of ether oxygens (including phenoxy) is 1. The zero-order valence-corrected chi connectivity index (χ0v) is 18.8. The van der Waals surface area contributed by atoms with E-state index in [2.05, 4.69) is 23.5 Å². The highest BCUT2D eigenvalue weighted by molar-refractivity contribution is 5.73. The van der Waals surface area contributed by atoms with Crippen LogP contribution in [0.4, 0.5) is 13.2 Å². The second-order valence-corrected chi connectivity index (χ2v) is 8.90. The maximum absolute atomic E-state index is 10.6. The van der Waals surface area contributed by atoms with Crippen molar-refractivity contribution in [2.45, 2.75) is 75.6 Å². The number of rotatable bonds is 6. The summed E-state index contributed by atoms with van der Waals surface area (Å²) >= 11 is 0. The highest BCUT2D eigenvalue weighted by Crippen LogP contribution is 2.49. The van der Waals surface area contributed by atoms with Gasteiger partial charge in [-0.1, -0.05) is 18.9 Å². The second-order valence-electron chi connectivity index (χ2n) is 8.90. The molecule has 33 heavy (non-hydrogen) atoms. The van der Waals surface area contributed by atoms with E-state index in [1.54, 1.807) is 0 Å². The van der Waals surface area contributed by atoms with Crippen LogP contribution in [0.15, 0.2) is 40.9 Å². The van der Waals surface area contributed by atoms with Crippen LogP contribution in [0.2, 0.25) is 0 Å². The van der Waals surface area contributed by atoms with Gasteiger partial charge in [-0.05, 0) is 69.8 Å². The van der Waals surface area contributed by atoms with Gasteiger partial charge in [0.2, 0.25) is 0 Å². The van der Waals surface area contributed by atoms with Crippen molar-refractivity contribution in [2.24, 2.45) is 0 Å². The van der Waals surface area contributed by atoms with Crippen LogP contribution in [-0.4, -0.2) is 41.0 Å². The molecule has 1 aliphatic heterocycles. The third kappa shape index (κ3) is 6.80. The number of hydrogen-bond acceptors (Lipinski definition) is 5. The van der Waals surface area contributed by atoms with Crippen molar-refractivity contribution in [3.63, 3.8) is 0 Å². The van der Waals surface area contributed by atoms with Gasteiger partial charge < -0.3 is 19.6 Å². The Morgan fingerprint density at radius 3 is 2.48 bits per heavy atom. The summed E-state index contributed by atoms with van der Waals surface area (Å²) < 4.78 is 43.7. The molecule has 1 aliphatic carbocycles. The minimum atomic E-state index is -5.08. The van der Waals surface area contributed by atoms with Crippen molar-refractivity contribution in [1.29, 1.82) is 0 Å². The molecule has 6 nitrogen and oxygen atoms in total. The summed E-state index contributed by atoms with van der Waals surface area (Å²) in [7, 11) is 0. The number of aliphatic carboxylic acids is 1. The van der Waals surface area contributed by atoms with Gasteiger partial charge in [0, 0.05) is 23.9 Å². The fourth-order valence-electron chi connectivity index (χ4n) is 4.92. The third-order valence-electron chi connectivity index (χ3n) is 6.49. The number of hydrogen-bond donors (Lipinski definition) is 2. The summed E-state index contributed by atoms with van der Waals surface area (Å²) in [6.07, 6.45) is 5.14. The Morgan fingerprint density at radius 2 is 1.91 bits per heavy atom. The zero-order chi connectivity index (χ0) is 24.0. The minimum Gasteiger partial charge on any atom is -0.475 e. The molecule has 2 fully saturated rings. The van der Waals surface area contributed by atoms with Gasteiger partial charge in [0.25, 0.3) is 0 Å². The number of carbonyl (C=O) groups is 1. The third-order valence-corrected chi connectivity index (χ3v) is 6.49. The number of nitrogens with one attached hydrogen (secondary N) is 1. The molecule has 0 amide bonds. The summed E-state index contributed by atoms with van der Waals surface area (Å²) in [6.45, 7) is 4.59. The number of nitrogens with zero attached hydrogens (tertiary/aromatic N) is 1. The number of alkyl halides is 3. The summed E-state index contributed by atoms with van der Waals surface area (Å²) in [4.78, 5) is 13.7. The smallest absolute Gasteiger partial charge is 0.475 e. The van der Waals surface area contributed by atoms with Crippen LogP contribution < -0.4 is 5.32 Å².